The van der Waals surface area contributed by atoms with Gasteiger partial charge >= 0.3 is 6.09 Å². The molecule has 0 spiro atoms. The third-order valence-corrected chi connectivity index (χ3v) is 7.40. The summed E-state index contributed by atoms with van der Waals surface area (Å²) in [6, 6.07) is 9.47. The van der Waals surface area contributed by atoms with Crippen molar-refractivity contribution in [3.05, 3.63) is 35.9 Å². The van der Waals surface area contributed by atoms with Crippen LogP contribution in [0.2, 0.25) is 0 Å². The van der Waals surface area contributed by atoms with Crippen LogP contribution in [0.25, 0.3) is 0 Å². The Bertz CT molecular complexity index is 766. The van der Waals surface area contributed by atoms with Crippen LogP contribution in [0.3, 0.4) is 0 Å². The van der Waals surface area contributed by atoms with E-state index in [0.29, 0.717) is 17.8 Å². The summed E-state index contributed by atoms with van der Waals surface area (Å²) in [7, 11) is 0. The topological polar surface area (TPSA) is 58.6 Å². The Morgan fingerprint density at radius 1 is 1.21 bits per heavy atom. The predicted octanol–water partition coefficient (Wildman–Crippen LogP) is 5.02. The molecule has 4 aliphatic rings. The molecule has 0 heterocycles. The Kier molecular flexibility index (Phi) is 5.62. The van der Waals surface area contributed by atoms with Gasteiger partial charge in [0.15, 0.2) is 0 Å². The van der Waals surface area contributed by atoms with E-state index in [-0.39, 0.29) is 23.4 Å². The molecule has 4 fully saturated rings. The minimum absolute atomic E-state index is 0.0352. The maximum absolute atomic E-state index is 13.3. The van der Waals surface area contributed by atoms with Crippen molar-refractivity contribution in [2.45, 2.75) is 67.8 Å². The second kappa shape index (κ2) is 7.77. The number of carbonyl (C=O) groups excluding carboxylic acids is 2. The maximum atomic E-state index is 13.3. The number of amides is 2. The molecule has 5 rings (SSSR count). The predicted molar refractivity (Wildman–Crippen MR) is 116 cm³/mol. The zero-order valence-electron chi connectivity index (χ0n) is 16.9. The van der Waals surface area contributed by atoms with Crippen molar-refractivity contribution in [1.29, 1.82) is 0 Å². The molecule has 158 valence electrons. The van der Waals surface area contributed by atoms with Gasteiger partial charge in [-0.1, -0.05) is 46.3 Å². The lowest BCUT2D eigenvalue weighted by molar-refractivity contribution is -0.149. The molecule has 5 atom stereocenters. The number of halogens is 2. The molecule has 4 aliphatic carbocycles. The summed E-state index contributed by atoms with van der Waals surface area (Å²) < 4.78 is 4.61. The van der Waals surface area contributed by atoms with Crippen LogP contribution in [-0.2, 0) is 16.1 Å². The number of hydrogen-bond donors (Lipinski definition) is 1. The van der Waals surface area contributed by atoms with E-state index >= 15 is 0 Å². The van der Waals surface area contributed by atoms with Gasteiger partial charge in [0.25, 0.3) is 5.91 Å². The van der Waals surface area contributed by atoms with E-state index in [1.54, 1.807) is 18.9 Å². The number of rotatable bonds is 4. The molecular formula is C22H28BrClN2O3. The molecule has 7 heteroatoms. The van der Waals surface area contributed by atoms with E-state index in [9.17, 15) is 9.59 Å². The van der Waals surface area contributed by atoms with Gasteiger partial charge in [-0.25, -0.2) is 15.2 Å². The monoisotopic (exact) mass is 482 g/mol. The van der Waals surface area contributed by atoms with Gasteiger partial charge in [0, 0.05) is 4.87 Å². The Morgan fingerprint density at radius 3 is 2.38 bits per heavy atom. The summed E-state index contributed by atoms with van der Waals surface area (Å²) in [6.45, 7) is 3.77. The van der Waals surface area contributed by atoms with Crippen molar-refractivity contribution >= 4 is 39.5 Å². The smallest absolute Gasteiger partial charge is 0.426 e. The highest BCUT2D eigenvalue weighted by molar-refractivity contribution is 9.10. The minimum Gasteiger partial charge on any atom is -0.443 e. The lowest BCUT2D eigenvalue weighted by atomic mass is 9.53. The molecular weight excluding hydrogens is 456 g/mol. The number of carbonyl (C=O) groups is 2. The lowest BCUT2D eigenvalue weighted by Crippen LogP contribution is -2.66. The van der Waals surface area contributed by atoms with Crippen LogP contribution in [0, 0.1) is 17.8 Å². The van der Waals surface area contributed by atoms with Crippen LogP contribution in [-0.4, -0.2) is 32.2 Å². The molecule has 0 radical (unpaired) electrons. The molecule has 29 heavy (non-hydrogen) atoms. The summed E-state index contributed by atoms with van der Waals surface area (Å²) in [6.07, 6.45) is 4.43. The second-order valence-corrected chi connectivity index (χ2v) is 12.2. The van der Waals surface area contributed by atoms with Crippen molar-refractivity contribution in [2.75, 3.05) is 0 Å². The van der Waals surface area contributed by atoms with E-state index in [1.165, 1.54) is 0 Å². The SMILES string of the molecule is CC(C)(Br)C(=O)N(NC(=O)OCc1ccccc1)C1[C@@H]2CC3C[C@H]1CC(Cl)(C3)C2. The van der Waals surface area contributed by atoms with Gasteiger partial charge in [-0.15, -0.1) is 11.6 Å². The number of hydrazine groups is 1. The first-order chi connectivity index (χ1) is 13.6. The highest BCUT2D eigenvalue weighted by Gasteiger charge is 2.57. The van der Waals surface area contributed by atoms with Crippen LogP contribution in [0.4, 0.5) is 4.79 Å². The summed E-state index contributed by atoms with van der Waals surface area (Å²) in [5, 5.41) is 1.55. The number of hydrogen-bond acceptors (Lipinski definition) is 3. The summed E-state index contributed by atoms with van der Waals surface area (Å²) >= 11 is 10.3. The molecule has 0 saturated heterocycles. The van der Waals surface area contributed by atoms with Crippen molar-refractivity contribution in [3.8, 4) is 0 Å². The third kappa shape index (κ3) is 4.43. The van der Waals surface area contributed by atoms with Crippen molar-refractivity contribution in [3.63, 3.8) is 0 Å². The summed E-state index contributed by atoms with van der Waals surface area (Å²) in [4.78, 5) is 25.7. The zero-order valence-corrected chi connectivity index (χ0v) is 19.2. The maximum Gasteiger partial charge on any atom is 0.426 e. The third-order valence-electron chi connectivity index (χ3n) is 6.60. The molecule has 4 saturated carbocycles. The van der Waals surface area contributed by atoms with Crippen LogP contribution < -0.4 is 5.43 Å². The Morgan fingerprint density at radius 2 is 1.83 bits per heavy atom. The Labute approximate surface area is 185 Å². The molecule has 5 nitrogen and oxygen atoms in total. The zero-order chi connectivity index (χ0) is 20.8. The normalized spacial score (nSPS) is 32.7. The molecule has 3 unspecified atom stereocenters. The van der Waals surface area contributed by atoms with E-state index in [2.05, 4.69) is 21.4 Å². The van der Waals surface area contributed by atoms with Gasteiger partial charge < -0.3 is 4.74 Å². The summed E-state index contributed by atoms with van der Waals surface area (Å²) in [5.74, 6) is 1.11. The largest absolute Gasteiger partial charge is 0.443 e. The van der Waals surface area contributed by atoms with Crippen molar-refractivity contribution < 1.29 is 14.3 Å². The molecule has 2 amide bonds. The highest BCUT2D eigenvalue weighted by Crippen LogP contribution is 2.59. The average Bonchev–Trinajstić information content (AvgIpc) is 2.63. The van der Waals surface area contributed by atoms with Crippen molar-refractivity contribution in [1.82, 2.24) is 10.4 Å². The number of alkyl halides is 2. The quantitative estimate of drug-likeness (QED) is 0.483. The average molecular weight is 484 g/mol. The minimum atomic E-state index is -0.785. The van der Waals surface area contributed by atoms with Crippen LogP contribution in [0.1, 0.15) is 51.5 Å². The summed E-state index contributed by atoms with van der Waals surface area (Å²) in [5.41, 5.74) is 3.69. The number of ether oxygens (including phenoxy) is 1. The van der Waals surface area contributed by atoms with Crippen LogP contribution in [0.15, 0.2) is 30.3 Å². The number of nitrogens with one attached hydrogen (secondary N) is 1. The molecule has 1 N–H and O–H groups in total. The van der Waals surface area contributed by atoms with Gasteiger partial charge in [-0.05, 0) is 69.3 Å². The Balaban J connectivity index is 1.50. The first-order valence-corrected chi connectivity index (χ1v) is 11.5. The van der Waals surface area contributed by atoms with E-state index in [1.807, 2.05) is 30.3 Å². The fourth-order valence-electron chi connectivity index (χ4n) is 5.72. The Hall–Kier alpha value is -1.27. The van der Waals surface area contributed by atoms with Crippen molar-refractivity contribution in [2.24, 2.45) is 17.8 Å². The lowest BCUT2D eigenvalue weighted by Gasteiger charge is -2.59. The van der Waals surface area contributed by atoms with E-state index in [4.69, 9.17) is 16.3 Å². The van der Waals surface area contributed by atoms with Gasteiger partial charge in [0.05, 0.1) is 6.04 Å². The molecule has 0 aromatic heterocycles. The molecule has 0 aliphatic heterocycles. The highest BCUT2D eigenvalue weighted by atomic mass is 79.9. The van der Waals surface area contributed by atoms with Crippen LogP contribution >= 0.6 is 27.5 Å². The fourth-order valence-corrected chi connectivity index (χ4v) is 6.53. The second-order valence-electron chi connectivity index (χ2n) is 9.43. The van der Waals surface area contributed by atoms with E-state index in [0.717, 1.165) is 37.7 Å². The fraction of sp³-hybridized carbons (Fsp3) is 0.636. The van der Waals surface area contributed by atoms with Gasteiger partial charge in [0.2, 0.25) is 0 Å². The standard InChI is InChI=1S/C22H28BrClN2O3/c1-21(2,23)19(27)26(25-20(28)29-13-14-6-4-3-5-7-14)18-16-8-15-9-17(18)12-22(24,10-15)11-16/h3-7,15-18H,8-13H2,1-2H3,(H,25,28)/t15?,16-,17+,18?,22?. The molecule has 1 aromatic carbocycles. The first kappa shape index (κ1) is 21.0. The van der Waals surface area contributed by atoms with Gasteiger partial charge in [-0.3, -0.25) is 4.79 Å². The van der Waals surface area contributed by atoms with Gasteiger partial charge in [0.1, 0.15) is 10.9 Å². The van der Waals surface area contributed by atoms with E-state index < -0.39 is 10.4 Å². The van der Waals surface area contributed by atoms with Crippen LogP contribution in [0.5, 0.6) is 0 Å². The van der Waals surface area contributed by atoms with Gasteiger partial charge in [-0.2, -0.15) is 0 Å². The first-order valence-electron chi connectivity index (χ1n) is 10.3. The number of benzene rings is 1. The molecule has 4 bridgehead atoms. The molecule has 1 aromatic rings. The number of nitrogens with zero attached hydrogens (tertiary/aromatic N) is 1.